The smallest absolute Gasteiger partial charge is 0.224 e. The second kappa shape index (κ2) is 13.8. The fourth-order valence-corrected chi connectivity index (χ4v) is 7.82. The molecule has 0 atom stereocenters. The molecular weight excluding hydrogens is 710 g/mol. The molecule has 10 nitrogen and oxygen atoms in total. The second-order valence-electron chi connectivity index (χ2n) is 12.2. The van der Waals surface area contributed by atoms with Crippen LogP contribution in [-0.4, -0.2) is 80.3 Å². The summed E-state index contributed by atoms with van der Waals surface area (Å²) in [6.45, 7) is 3.14. The van der Waals surface area contributed by atoms with E-state index in [1.165, 1.54) is 12.1 Å². The van der Waals surface area contributed by atoms with Crippen LogP contribution in [0.4, 0.5) is 4.39 Å². The molecule has 2 aliphatic rings. The zero-order valence-electron chi connectivity index (χ0n) is 26.2. The topological polar surface area (TPSA) is 124 Å². The van der Waals surface area contributed by atoms with Crippen LogP contribution in [-0.2, 0) is 4.79 Å². The number of hydrogen-bond acceptors (Lipinski definition) is 7. The van der Waals surface area contributed by atoms with Crippen molar-refractivity contribution in [3.05, 3.63) is 76.2 Å². The number of pyridine rings is 2. The number of fused-ring (bicyclic) bond motifs is 2. The largest absolute Gasteiger partial charge is 0.492 e. The second-order valence-corrected chi connectivity index (χ2v) is 14.2. The minimum atomic E-state index is -0.371. The van der Waals surface area contributed by atoms with Crippen molar-refractivity contribution in [3.8, 4) is 28.3 Å². The molecule has 0 unspecified atom stereocenters. The first kappa shape index (κ1) is 31.3. The average molecular weight is 747 g/mol. The maximum Gasteiger partial charge on any atom is 0.224 e. The molecule has 0 aliphatic carbocycles. The summed E-state index contributed by atoms with van der Waals surface area (Å²) in [5, 5.41) is 15.9. The van der Waals surface area contributed by atoms with Crippen molar-refractivity contribution in [2.45, 2.75) is 19.3 Å². The number of nitrogens with one attached hydrogen (secondary N) is 4. The fraction of sp³-hybridized carbons (Fsp3) is 0.286. The Balaban J connectivity index is 1.15. The molecule has 1 aromatic carbocycles. The monoisotopic (exact) mass is 746 g/mol. The number of carbonyl (C=O) groups excluding carboxylic acids is 1. The minimum absolute atomic E-state index is 0.0781. The number of amides is 1. The summed E-state index contributed by atoms with van der Waals surface area (Å²) >= 11 is -0.364. The summed E-state index contributed by atoms with van der Waals surface area (Å²) in [5.41, 5.74) is 7.35. The van der Waals surface area contributed by atoms with Gasteiger partial charge < -0.3 is 25.3 Å². The standard InChI is InChI=1S/C35H36FIN8O2/c1-45(2)7-8-47-27-12-22(10-25(36)14-27)30-19-39-20-32-28(30)15-31(42-32)34-29-13-24(18-40-35(29)44-43-34)23-11-26(17-37-16-23)41-33(46)9-21-3-5-38-6-4-21/h10-21,38,42H,3-9H2,1-2H3,(H,41,46)(H,40,43,44). The molecule has 12 heteroatoms. The number of carbonyl (C=O) groups is 1. The Hall–Kier alpha value is -4.27. The Morgan fingerprint density at radius 3 is 2.81 bits per heavy atom. The van der Waals surface area contributed by atoms with E-state index in [1.54, 1.807) is 12.4 Å². The number of allylic oxidation sites excluding steroid dienone is 3. The van der Waals surface area contributed by atoms with Crippen LogP contribution < -0.4 is 15.4 Å². The third-order valence-electron chi connectivity index (χ3n) is 8.44. The third kappa shape index (κ3) is 7.19. The number of aromatic nitrogens is 5. The number of piperidine rings is 1. The molecule has 5 aromatic rings. The van der Waals surface area contributed by atoms with Crippen LogP contribution in [0.25, 0.3) is 50.0 Å². The van der Waals surface area contributed by atoms with E-state index in [-0.39, 0.29) is 32.5 Å². The SMILES string of the molecule is CN(C)CCOc1cc(F)cc(-c2cncc3[nH]c(-c4[nH]nc5ncc(C6=CI=CC(NC(=O)CC7CCNCC7)=C6)cc45)cc23)c1. The van der Waals surface area contributed by atoms with E-state index in [9.17, 15) is 9.18 Å². The number of likely N-dealkylation sites (N-methyl/N-ethyl adjacent to an activating group) is 1. The van der Waals surface area contributed by atoms with Crippen LogP contribution in [0.3, 0.4) is 0 Å². The molecule has 47 heavy (non-hydrogen) atoms. The van der Waals surface area contributed by atoms with Gasteiger partial charge in [0.1, 0.15) is 18.2 Å². The highest BCUT2D eigenvalue weighted by Crippen LogP contribution is 2.36. The van der Waals surface area contributed by atoms with Gasteiger partial charge >= 0.3 is 0 Å². The maximum atomic E-state index is 14.7. The lowest BCUT2D eigenvalue weighted by atomic mass is 9.94. The van der Waals surface area contributed by atoms with E-state index >= 15 is 0 Å². The summed E-state index contributed by atoms with van der Waals surface area (Å²) in [7, 11) is 3.93. The predicted molar refractivity (Wildman–Crippen MR) is 193 cm³/mol. The number of nitrogens with zero attached hydrogens (tertiary/aromatic N) is 4. The van der Waals surface area contributed by atoms with Crippen LogP contribution in [0.5, 0.6) is 5.75 Å². The molecule has 1 saturated heterocycles. The Labute approximate surface area is 281 Å². The van der Waals surface area contributed by atoms with Gasteiger partial charge in [0.05, 0.1) is 23.1 Å². The summed E-state index contributed by atoms with van der Waals surface area (Å²) in [5.74, 6) is 0.618. The molecule has 1 fully saturated rings. The van der Waals surface area contributed by atoms with Gasteiger partial charge in [-0.1, -0.05) is 20.7 Å². The molecule has 4 N–H and O–H groups in total. The van der Waals surface area contributed by atoms with Gasteiger partial charge in [0, 0.05) is 59.0 Å². The van der Waals surface area contributed by atoms with Crippen molar-refractivity contribution in [1.82, 2.24) is 40.7 Å². The van der Waals surface area contributed by atoms with Gasteiger partial charge in [-0.2, -0.15) is 5.10 Å². The van der Waals surface area contributed by atoms with Crippen LogP contribution in [0.2, 0.25) is 0 Å². The van der Waals surface area contributed by atoms with Gasteiger partial charge in [0.15, 0.2) is 5.65 Å². The van der Waals surface area contributed by atoms with Crippen molar-refractivity contribution < 1.29 is 13.9 Å². The molecule has 2 aliphatic heterocycles. The number of rotatable bonds is 10. The zero-order chi connectivity index (χ0) is 32.3. The van der Waals surface area contributed by atoms with Crippen LogP contribution in [0, 0.1) is 11.7 Å². The van der Waals surface area contributed by atoms with Gasteiger partial charge in [0.25, 0.3) is 0 Å². The molecule has 1 amide bonds. The lowest BCUT2D eigenvalue weighted by Crippen LogP contribution is -2.32. The molecule has 0 spiro atoms. The Bertz CT molecular complexity index is 2040. The number of ether oxygens (including phenoxy) is 1. The first-order chi connectivity index (χ1) is 22.9. The van der Waals surface area contributed by atoms with E-state index in [4.69, 9.17) is 4.74 Å². The molecule has 6 heterocycles. The van der Waals surface area contributed by atoms with E-state index in [2.05, 4.69) is 49.9 Å². The highest BCUT2D eigenvalue weighted by Gasteiger charge is 2.19. The highest BCUT2D eigenvalue weighted by molar-refractivity contribution is 14.2. The van der Waals surface area contributed by atoms with Gasteiger partial charge in [-0.15, -0.1) is 0 Å². The normalized spacial score (nSPS) is 15.5. The Morgan fingerprint density at radius 1 is 1.09 bits per heavy atom. The van der Waals surface area contributed by atoms with Crippen molar-refractivity contribution in [3.63, 3.8) is 0 Å². The summed E-state index contributed by atoms with van der Waals surface area (Å²) in [6, 6.07) is 8.86. The quantitative estimate of drug-likeness (QED) is 0.134. The number of aromatic amines is 2. The van der Waals surface area contributed by atoms with Crippen LogP contribution in [0.1, 0.15) is 24.8 Å². The molecule has 4 aromatic heterocycles. The number of halogens is 2. The maximum absolute atomic E-state index is 14.7. The van der Waals surface area contributed by atoms with E-state index in [0.29, 0.717) is 35.9 Å². The van der Waals surface area contributed by atoms with Crippen molar-refractivity contribution in [1.29, 1.82) is 0 Å². The summed E-state index contributed by atoms with van der Waals surface area (Å²) in [6.07, 6.45) is 10.0. The molecular formula is C35H36FIN8O2. The van der Waals surface area contributed by atoms with Gasteiger partial charge in [-0.05, 0) is 95.5 Å². The van der Waals surface area contributed by atoms with Gasteiger partial charge in [0.2, 0.25) is 5.91 Å². The van der Waals surface area contributed by atoms with Crippen molar-refractivity contribution in [2.75, 3.05) is 40.3 Å². The number of hydrogen-bond donors (Lipinski definition) is 4. The number of H-pyrrole nitrogens is 2. The van der Waals surface area contributed by atoms with E-state index in [0.717, 1.165) is 82.5 Å². The van der Waals surface area contributed by atoms with Crippen molar-refractivity contribution in [2.24, 2.45) is 5.92 Å². The van der Waals surface area contributed by atoms with Crippen molar-refractivity contribution >= 4 is 58.2 Å². The lowest BCUT2D eigenvalue weighted by molar-refractivity contribution is -0.121. The van der Waals surface area contributed by atoms with Crippen LogP contribution >= 0.6 is 20.7 Å². The minimum Gasteiger partial charge on any atom is -0.492 e. The third-order valence-corrected chi connectivity index (χ3v) is 10.5. The van der Waals surface area contributed by atoms with Gasteiger partial charge in [-0.25, -0.2) is 9.37 Å². The molecule has 0 saturated carbocycles. The lowest BCUT2D eigenvalue weighted by Gasteiger charge is -2.22. The Morgan fingerprint density at radius 2 is 1.96 bits per heavy atom. The fourth-order valence-electron chi connectivity index (χ4n) is 5.99. The molecule has 7 rings (SSSR count). The van der Waals surface area contributed by atoms with Gasteiger partial charge in [-0.3, -0.25) is 14.9 Å². The molecule has 0 bridgehead atoms. The Kier molecular flexibility index (Phi) is 9.23. The van der Waals surface area contributed by atoms with Crippen LogP contribution in [0.15, 0.2) is 64.8 Å². The zero-order valence-corrected chi connectivity index (χ0v) is 28.4. The summed E-state index contributed by atoms with van der Waals surface area (Å²) < 4.78 is 24.9. The summed E-state index contributed by atoms with van der Waals surface area (Å²) in [4.78, 5) is 27.4. The highest BCUT2D eigenvalue weighted by atomic mass is 127. The first-order valence-corrected chi connectivity index (χ1v) is 18.2. The van der Waals surface area contributed by atoms with E-state index < -0.39 is 0 Å². The predicted octanol–water partition coefficient (Wildman–Crippen LogP) is 5.76. The molecule has 242 valence electrons. The van der Waals surface area contributed by atoms with E-state index in [1.807, 2.05) is 43.4 Å². The molecule has 0 radical (unpaired) electrons. The first-order valence-electron chi connectivity index (χ1n) is 15.7. The average Bonchev–Trinajstić information content (AvgIpc) is 3.69. The number of benzene rings is 1.